The lowest BCUT2D eigenvalue weighted by Gasteiger charge is -2.24. The van der Waals surface area contributed by atoms with Gasteiger partial charge < -0.3 is 25.4 Å². The first kappa shape index (κ1) is 27.0. The highest BCUT2D eigenvalue weighted by Crippen LogP contribution is 2.10. The van der Waals surface area contributed by atoms with Gasteiger partial charge in [-0.15, -0.1) is 24.0 Å². The van der Waals surface area contributed by atoms with Crippen molar-refractivity contribution in [2.45, 2.75) is 71.4 Å². The molecule has 0 saturated carbocycles. The van der Waals surface area contributed by atoms with Crippen LogP contribution in [0.2, 0.25) is 0 Å². The Balaban J connectivity index is 0.00000729. The fourth-order valence-corrected chi connectivity index (χ4v) is 2.72. The molecule has 1 atom stereocenters. The number of rotatable bonds is 9. The Morgan fingerprint density at radius 3 is 2.68 bits per heavy atom. The molecular weight excluding hydrogens is 471 g/mol. The number of nitrogens with one attached hydrogen (secondary N) is 3. The van der Waals surface area contributed by atoms with Crippen LogP contribution in [0.25, 0.3) is 0 Å². The van der Waals surface area contributed by atoms with Gasteiger partial charge >= 0.3 is 6.09 Å². The Labute approximate surface area is 187 Å². The minimum Gasteiger partial charge on any atom is -0.444 e. The number of hydrogen-bond acceptors (Lipinski definition) is 4. The molecule has 164 valence electrons. The Morgan fingerprint density at radius 1 is 1.36 bits per heavy atom. The molecule has 0 aliphatic carbocycles. The summed E-state index contributed by atoms with van der Waals surface area (Å²) in [6.45, 7) is 10.6. The van der Waals surface area contributed by atoms with Gasteiger partial charge in [0.25, 0.3) is 0 Å². The highest BCUT2D eigenvalue weighted by molar-refractivity contribution is 14.0. The first-order valence-corrected chi connectivity index (χ1v) is 10.0. The summed E-state index contributed by atoms with van der Waals surface area (Å²) in [5.74, 6) is 0.759. The minimum absolute atomic E-state index is 0. The van der Waals surface area contributed by atoms with E-state index in [0.29, 0.717) is 6.54 Å². The lowest BCUT2D eigenvalue weighted by atomic mass is 10.1. The van der Waals surface area contributed by atoms with Crippen LogP contribution in [-0.2, 0) is 9.47 Å². The molecule has 3 N–H and O–H groups in total. The third kappa shape index (κ3) is 13.2. The Hall–Kier alpha value is -1.03. The van der Waals surface area contributed by atoms with Crippen LogP contribution in [0.4, 0.5) is 4.79 Å². The zero-order valence-electron chi connectivity index (χ0n) is 18.1. The topological polar surface area (TPSA) is 84.0 Å². The summed E-state index contributed by atoms with van der Waals surface area (Å²) in [4.78, 5) is 16.2. The molecule has 1 heterocycles. The lowest BCUT2D eigenvalue weighted by molar-refractivity contribution is 0.0522. The molecule has 0 fully saturated rings. The summed E-state index contributed by atoms with van der Waals surface area (Å²) in [5, 5.41) is 9.64. The predicted octanol–water partition coefficient (Wildman–Crippen LogP) is 3.59. The summed E-state index contributed by atoms with van der Waals surface area (Å²) in [7, 11) is 1.77. The van der Waals surface area contributed by atoms with Crippen molar-refractivity contribution in [2.75, 3.05) is 33.4 Å². The zero-order chi connectivity index (χ0) is 20.1. The second-order valence-electron chi connectivity index (χ2n) is 7.80. The van der Waals surface area contributed by atoms with E-state index >= 15 is 0 Å². The van der Waals surface area contributed by atoms with Crippen molar-refractivity contribution in [3.63, 3.8) is 0 Å². The van der Waals surface area contributed by atoms with E-state index in [1.807, 2.05) is 20.8 Å². The average Bonchev–Trinajstić information content (AvgIpc) is 2.62. The molecule has 0 aromatic heterocycles. The Morgan fingerprint density at radius 2 is 2.11 bits per heavy atom. The second kappa shape index (κ2) is 14.9. The summed E-state index contributed by atoms with van der Waals surface area (Å²) in [6, 6.07) is 0.103. The molecule has 1 unspecified atom stereocenters. The third-order valence-corrected chi connectivity index (χ3v) is 4.16. The van der Waals surface area contributed by atoms with Crippen LogP contribution in [0, 0.1) is 0 Å². The van der Waals surface area contributed by atoms with Gasteiger partial charge in [0, 0.05) is 26.2 Å². The number of ether oxygens (including phenoxy) is 2. The maximum absolute atomic E-state index is 11.9. The Bertz CT molecular complexity index is 504. The Kier molecular flexibility index (Phi) is 14.3. The van der Waals surface area contributed by atoms with Gasteiger partial charge in [0.2, 0.25) is 0 Å². The number of unbranched alkanes of at least 4 members (excludes halogenated alkanes) is 1. The molecule has 1 rings (SSSR count). The van der Waals surface area contributed by atoms with Crippen LogP contribution in [-0.4, -0.2) is 57.0 Å². The van der Waals surface area contributed by atoms with Gasteiger partial charge in [-0.2, -0.15) is 0 Å². The number of hydrogen-bond donors (Lipinski definition) is 3. The number of aliphatic imine (C=N–C) groups is 1. The van der Waals surface area contributed by atoms with E-state index in [2.05, 4.69) is 33.9 Å². The molecule has 0 aromatic rings. The number of carbonyl (C=O) groups is 1. The molecule has 0 aromatic carbocycles. The highest BCUT2D eigenvalue weighted by atomic mass is 127. The predicted molar refractivity (Wildman–Crippen MR) is 126 cm³/mol. The molecule has 1 aliphatic rings. The van der Waals surface area contributed by atoms with E-state index < -0.39 is 5.60 Å². The van der Waals surface area contributed by atoms with Crippen molar-refractivity contribution in [3.05, 3.63) is 11.6 Å². The third-order valence-electron chi connectivity index (χ3n) is 4.16. The number of nitrogens with zero attached hydrogens (tertiary/aromatic N) is 1. The number of halogens is 1. The van der Waals surface area contributed by atoms with Gasteiger partial charge in [-0.25, -0.2) is 4.79 Å². The van der Waals surface area contributed by atoms with Crippen molar-refractivity contribution < 1.29 is 14.3 Å². The van der Waals surface area contributed by atoms with Crippen molar-refractivity contribution in [1.29, 1.82) is 0 Å². The fourth-order valence-electron chi connectivity index (χ4n) is 2.72. The maximum atomic E-state index is 11.9. The van der Waals surface area contributed by atoms with Crippen LogP contribution in [0.15, 0.2) is 16.6 Å². The monoisotopic (exact) mass is 510 g/mol. The van der Waals surface area contributed by atoms with E-state index in [4.69, 9.17) is 9.47 Å². The molecule has 1 amide bonds. The van der Waals surface area contributed by atoms with Crippen LogP contribution < -0.4 is 16.0 Å². The molecule has 1 aliphatic heterocycles. The van der Waals surface area contributed by atoms with Crippen LogP contribution in [0.3, 0.4) is 0 Å². The minimum atomic E-state index is -0.493. The number of guanidine groups is 1. The second-order valence-corrected chi connectivity index (χ2v) is 7.80. The lowest BCUT2D eigenvalue weighted by Crippen LogP contribution is -2.49. The van der Waals surface area contributed by atoms with E-state index in [1.54, 1.807) is 7.05 Å². The SMILES string of the molecule is CCCCC(CNC(=O)OC(C)(C)C)NC(=NC)NCCC1=CCOCC1.I. The van der Waals surface area contributed by atoms with Gasteiger partial charge in [0.1, 0.15) is 5.60 Å². The van der Waals surface area contributed by atoms with Crippen LogP contribution in [0.5, 0.6) is 0 Å². The van der Waals surface area contributed by atoms with Crippen molar-refractivity contribution in [2.24, 2.45) is 4.99 Å². The molecule has 0 spiro atoms. The number of carbonyl (C=O) groups excluding carboxylic acids is 1. The fraction of sp³-hybridized carbons (Fsp3) is 0.800. The standard InChI is InChI=1S/C20H38N4O3.HI/c1-6-7-8-17(15-23-19(25)27-20(2,3)4)24-18(21-5)22-12-9-16-10-13-26-14-11-16;/h10,17H,6-9,11-15H2,1-5H3,(H,23,25)(H2,21,22,24);1H. The smallest absolute Gasteiger partial charge is 0.407 e. The molecule has 28 heavy (non-hydrogen) atoms. The van der Waals surface area contributed by atoms with Gasteiger partial charge in [-0.05, 0) is 40.0 Å². The molecule has 0 bridgehead atoms. The van der Waals surface area contributed by atoms with Gasteiger partial charge in [0.15, 0.2) is 5.96 Å². The summed E-state index contributed by atoms with van der Waals surface area (Å²) in [6.07, 6.45) is 6.91. The van der Waals surface area contributed by atoms with E-state index in [-0.39, 0.29) is 36.1 Å². The summed E-state index contributed by atoms with van der Waals surface area (Å²) < 4.78 is 10.7. The number of alkyl carbamates (subject to hydrolysis) is 1. The number of amides is 1. The molecule has 0 radical (unpaired) electrons. The molecule has 7 nitrogen and oxygen atoms in total. The van der Waals surface area contributed by atoms with Crippen LogP contribution >= 0.6 is 24.0 Å². The molecular formula is C20H39IN4O3. The van der Waals surface area contributed by atoms with Crippen molar-refractivity contribution in [3.8, 4) is 0 Å². The average molecular weight is 510 g/mol. The van der Waals surface area contributed by atoms with E-state index in [1.165, 1.54) is 5.57 Å². The first-order valence-electron chi connectivity index (χ1n) is 10.0. The van der Waals surface area contributed by atoms with E-state index in [0.717, 1.165) is 57.8 Å². The molecule has 8 heteroatoms. The normalized spacial score (nSPS) is 15.8. The van der Waals surface area contributed by atoms with Crippen LogP contribution in [0.1, 0.15) is 59.8 Å². The first-order chi connectivity index (χ1) is 12.8. The van der Waals surface area contributed by atoms with Crippen molar-refractivity contribution >= 4 is 36.0 Å². The summed E-state index contributed by atoms with van der Waals surface area (Å²) >= 11 is 0. The largest absolute Gasteiger partial charge is 0.444 e. The van der Waals surface area contributed by atoms with Crippen molar-refractivity contribution in [1.82, 2.24) is 16.0 Å². The quantitative estimate of drug-likeness (QED) is 0.191. The van der Waals surface area contributed by atoms with Gasteiger partial charge in [-0.3, -0.25) is 4.99 Å². The zero-order valence-corrected chi connectivity index (χ0v) is 20.4. The van der Waals surface area contributed by atoms with Gasteiger partial charge in [0.05, 0.1) is 13.2 Å². The molecule has 0 saturated heterocycles. The highest BCUT2D eigenvalue weighted by Gasteiger charge is 2.18. The van der Waals surface area contributed by atoms with Gasteiger partial charge in [-0.1, -0.05) is 31.4 Å². The van der Waals surface area contributed by atoms with E-state index in [9.17, 15) is 4.79 Å². The maximum Gasteiger partial charge on any atom is 0.407 e. The summed E-state index contributed by atoms with van der Waals surface area (Å²) in [5.41, 5.74) is 0.936.